The molecule has 0 aliphatic carbocycles. The summed E-state index contributed by atoms with van der Waals surface area (Å²) in [5.74, 6) is 0.605. The lowest BCUT2D eigenvalue weighted by molar-refractivity contribution is -0.137. The fourth-order valence-electron chi connectivity index (χ4n) is 3.67. The Bertz CT molecular complexity index is 1320. The number of fused-ring (bicyclic) bond motifs is 1. The summed E-state index contributed by atoms with van der Waals surface area (Å²) in [5.41, 5.74) is 2.81. The summed E-state index contributed by atoms with van der Waals surface area (Å²) in [6.07, 6.45) is -4.42. The van der Waals surface area contributed by atoms with Crippen LogP contribution in [0.25, 0.3) is 10.9 Å². The van der Waals surface area contributed by atoms with Crippen molar-refractivity contribution in [1.82, 2.24) is 4.98 Å². The molecule has 0 saturated heterocycles. The van der Waals surface area contributed by atoms with Crippen molar-refractivity contribution in [2.45, 2.75) is 19.6 Å². The molecule has 0 spiro atoms. The Labute approximate surface area is 201 Å². The Balaban J connectivity index is 1.40. The predicted molar refractivity (Wildman–Crippen MR) is 131 cm³/mol. The van der Waals surface area contributed by atoms with E-state index in [0.29, 0.717) is 5.69 Å². The van der Waals surface area contributed by atoms with Gasteiger partial charge in [0.2, 0.25) is 0 Å². The smallest absolute Gasteiger partial charge is 0.416 e. The molecule has 0 atom stereocenters. The summed E-state index contributed by atoms with van der Waals surface area (Å²) in [4.78, 5) is 19.2. The summed E-state index contributed by atoms with van der Waals surface area (Å²) >= 11 is 0. The molecule has 4 aromatic rings. The zero-order valence-corrected chi connectivity index (χ0v) is 19.3. The van der Waals surface area contributed by atoms with Crippen molar-refractivity contribution < 1.29 is 22.7 Å². The number of nitrogens with zero attached hydrogens (tertiary/aromatic N) is 2. The first-order valence-electron chi connectivity index (χ1n) is 11.0. The Hall–Kier alpha value is -4.07. The molecule has 35 heavy (non-hydrogen) atoms. The second kappa shape index (κ2) is 10.0. The van der Waals surface area contributed by atoms with Gasteiger partial charge >= 0.3 is 6.18 Å². The minimum atomic E-state index is -4.42. The van der Waals surface area contributed by atoms with Crippen LogP contribution >= 0.6 is 0 Å². The second-order valence-corrected chi connectivity index (χ2v) is 8.23. The molecule has 0 bridgehead atoms. The van der Waals surface area contributed by atoms with E-state index < -0.39 is 17.6 Å². The van der Waals surface area contributed by atoms with E-state index in [1.165, 1.54) is 17.7 Å². The van der Waals surface area contributed by atoms with Gasteiger partial charge in [-0.05, 0) is 66.6 Å². The molecule has 0 saturated carbocycles. The zero-order valence-electron chi connectivity index (χ0n) is 19.3. The van der Waals surface area contributed by atoms with Gasteiger partial charge in [-0.3, -0.25) is 4.79 Å². The number of nitrogens with one attached hydrogen (secondary N) is 1. The normalized spacial score (nSPS) is 11.3. The largest absolute Gasteiger partial charge is 0.484 e. The molecule has 0 radical (unpaired) electrons. The number of rotatable bonds is 7. The zero-order chi connectivity index (χ0) is 25.0. The third kappa shape index (κ3) is 6.09. The summed E-state index contributed by atoms with van der Waals surface area (Å²) in [5, 5.41) is 3.66. The minimum absolute atomic E-state index is 0.179. The van der Waals surface area contributed by atoms with E-state index in [9.17, 15) is 18.0 Å². The van der Waals surface area contributed by atoms with Gasteiger partial charge in [0.25, 0.3) is 5.91 Å². The van der Waals surface area contributed by atoms with Gasteiger partial charge in [0.1, 0.15) is 11.6 Å². The number of halogens is 3. The number of anilines is 2. The second-order valence-electron chi connectivity index (χ2n) is 8.23. The van der Waals surface area contributed by atoms with E-state index in [0.717, 1.165) is 41.0 Å². The van der Waals surface area contributed by atoms with Crippen molar-refractivity contribution >= 4 is 28.3 Å². The maximum Gasteiger partial charge on any atom is 0.416 e. The quantitative estimate of drug-likeness (QED) is 0.342. The van der Waals surface area contributed by atoms with Crippen LogP contribution in [0.1, 0.15) is 16.7 Å². The molecule has 4 rings (SSSR count). The number of aromatic nitrogens is 1. The summed E-state index contributed by atoms with van der Waals surface area (Å²) in [6, 6.07) is 21.8. The van der Waals surface area contributed by atoms with Crippen LogP contribution in [0.2, 0.25) is 0 Å². The lowest BCUT2D eigenvalue weighted by Crippen LogP contribution is -2.20. The van der Waals surface area contributed by atoms with E-state index >= 15 is 0 Å². The van der Waals surface area contributed by atoms with Crippen LogP contribution in [0, 0.1) is 6.92 Å². The maximum atomic E-state index is 12.7. The molecule has 1 heterocycles. The van der Waals surface area contributed by atoms with Gasteiger partial charge < -0.3 is 15.0 Å². The standard InChI is InChI=1S/C27H24F3N3O2/c1-18-14-25(33(2)16-19-6-4-3-5-7-19)32-24-13-10-21(15-23(18)24)31-26(34)17-35-22-11-8-20(9-12-22)27(28,29)30/h3-15H,16-17H2,1-2H3,(H,31,34). The first-order chi connectivity index (χ1) is 16.7. The van der Waals surface area contributed by atoms with Crippen LogP contribution in [0.4, 0.5) is 24.7 Å². The molecular weight excluding hydrogens is 455 g/mol. The number of hydrogen-bond acceptors (Lipinski definition) is 4. The molecule has 1 amide bonds. The Kier molecular flexibility index (Phi) is 6.91. The average Bonchev–Trinajstić information content (AvgIpc) is 2.83. The number of aryl methyl sites for hydroxylation is 1. The first kappa shape index (κ1) is 24.1. The number of carbonyl (C=O) groups is 1. The molecule has 0 unspecified atom stereocenters. The molecule has 8 heteroatoms. The van der Waals surface area contributed by atoms with Crippen LogP contribution in [0.5, 0.6) is 5.75 Å². The van der Waals surface area contributed by atoms with Crippen molar-refractivity contribution in [2.24, 2.45) is 0 Å². The van der Waals surface area contributed by atoms with E-state index in [1.807, 2.05) is 50.4 Å². The highest BCUT2D eigenvalue weighted by Crippen LogP contribution is 2.30. The van der Waals surface area contributed by atoms with Crippen LogP contribution in [0.15, 0.2) is 78.9 Å². The Morgan fingerprint density at radius 2 is 1.71 bits per heavy atom. The van der Waals surface area contributed by atoms with Crippen molar-refractivity contribution in [3.63, 3.8) is 0 Å². The third-order valence-electron chi connectivity index (χ3n) is 5.49. The van der Waals surface area contributed by atoms with Crippen molar-refractivity contribution in [1.29, 1.82) is 0 Å². The predicted octanol–water partition coefficient (Wildman–Crippen LogP) is 6.22. The lowest BCUT2D eigenvalue weighted by Gasteiger charge is -2.20. The molecular formula is C27H24F3N3O2. The lowest BCUT2D eigenvalue weighted by atomic mass is 10.1. The molecule has 0 aliphatic heterocycles. The fraction of sp³-hybridized carbons (Fsp3) is 0.185. The summed E-state index contributed by atoms with van der Waals surface area (Å²) < 4.78 is 43.3. The first-order valence-corrected chi connectivity index (χ1v) is 11.0. The van der Waals surface area contributed by atoms with Crippen LogP contribution in [-0.2, 0) is 17.5 Å². The van der Waals surface area contributed by atoms with Gasteiger partial charge in [0.05, 0.1) is 11.1 Å². The molecule has 1 N–H and O–H groups in total. The highest BCUT2D eigenvalue weighted by Gasteiger charge is 2.30. The number of amides is 1. The number of pyridine rings is 1. The van der Waals surface area contributed by atoms with Crippen molar-refractivity contribution in [2.75, 3.05) is 23.9 Å². The van der Waals surface area contributed by atoms with E-state index in [1.54, 1.807) is 6.07 Å². The van der Waals surface area contributed by atoms with Gasteiger partial charge in [-0.25, -0.2) is 4.98 Å². The van der Waals surface area contributed by atoms with E-state index in [4.69, 9.17) is 9.72 Å². The molecule has 1 aromatic heterocycles. The van der Waals surface area contributed by atoms with Gasteiger partial charge in [-0.2, -0.15) is 13.2 Å². The number of alkyl halides is 3. The number of hydrogen-bond donors (Lipinski definition) is 1. The molecule has 180 valence electrons. The Morgan fingerprint density at radius 3 is 2.40 bits per heavy atom. The molecule has 3 aromatic carbocycles. The average molecular weight is 480 g/mol. The van der Waals surface area contributed by atoms with Crippen molar-refractivity contribution in [3.05, 3.63) is 95.6 Å². The maximum absolute atomic E-state index is 12.7. The van der Waals surface area contributed by atoms with E-state index in [-0.39, 0.29) is 12.4 Å². The van der Waals surface area contributed by atoms with Crippen LogP contribution < -0.4 is 15.0 Å². The van der Waals surface area contributed by atoms with Gasteiger partial charge in [-0.15, -0.1) is 0 Å². The Morgan fingerprint density at radius 1 is 1.00 bits per heavy atom. The van der Waals surface area contributed by atoms with Gasteiger partial charge in [0.15, 0.2) is 6.61 Å². The van der Waals surface area contributed by atoms with Crippen molar-refractivity contribution in [3.8, 4) is 5.75 Å². The minimum Gasteiger partial charge on any atom is -0.484 e. The topological polar surface area (TPSA) is 54.5 Å². The van der Waals surface area contributed by atoms with Gasteiger partial charge in [0, 0.05) is 24.7 Å². The highest BCUT2D eigenvalue weighted by atomic mass is 19.4. The van der Waals surface area contributed by atoms with Gasteiger partial charge in [-0.1, -0.05) is 30.3 Å². The van der Waals surface area contributed by atoms with Crippen LogP contribution in [-0.4, -0.2) is 24.5 Å². The highest BCUT2D eigenvalue weighted by molar-refractivity contribution is 5.95. The third-order valence-corrected chi connectivity index (χ3v) is 5.49. The SMILES string of the molecule is Cc1cc(N(C)Cc2ccccc2)nc2ccc(NC(=O)COc3ccc(C(F)(F)F)cc3)cc12. The van der Waals surface area contributed by atoms with Crippen LogP contribution in [0.3, 0.4) is 0 Å². The monoisotopic (exact) mass is 479 g/mol. The van der Waals surface area contributed by atoms with E-state index in [2.05, 4.69) is 22.3 Å². The number of benzene rings is 3. The summed E-state index contributed by atoms with van der Waals surface area (Å²) in [6.45, 7) is 2.39. The molecule has 5 nitrogen and oxygen atoms in total. The summed E-state index contributed by atoms with van der Waals surface area (Å²) in [7, 11) is 1.99. The molecule has 0 fully saturated rings. The number of ether oxygens (including phenoxy) is 1. The fourth-order valence-corrected chi connectivity index (χ4v) is 3.67. The number of carbonyl (C=O) groups excluding carboxylic acids is 1. The molecule has 0 aliphatic rings.